The Morgan fingerprint density at radius 2 is 1.73 bits per heavy atom. The van der Waals surface area contributed by atoms with Crippen LogP contribution in [0.2, 0.25) is 0 Å². The topological polar surface area (TPSA) is 3.88 Å². The molecule has 58 valence electrons. The summed E-state index contributed by atoms with van der Waals surface area (Å²) in [5, 5.41) is 0. The van der Waals surface area contributed by atoms with Crippen LogP contribution in [-0.2, 0) is 7.05 Å². The Bertz CT molecular complexity index is 264. The summed E-state index contributed by atoms with van der Waals surface area (Å²) in [6, 6.07) is 0. The third kappa shape index (κ3) is 1.48. The maximum Gasteiger partial charge on any atom is 0.172 e. The van der Waals surface area contributed by atoms with Gasteiger partial charge in [0, 0.05) is 11.1 Å². The predicted octanol–water partition coefficient (Wildman–Crippen LogP) is 1.77. The standard InChI is InChI=1S/C10H14N/c1-5-10-8(2)6-11(4)7-9(10)3/h5-7H,1H2,2-4H3/q+1. The molecule has 0 aliphatic carbocycles. The van der Waals surface area contributed by atoms with E-state index >= 15 is 0 Å². The van der Waals surface area contributed by atoms with Crippen LogP contribution in [0.3, 0.4) is 0 Å². The zero-order valence-corrected chi connectivity index (χ0v) is 7.39. The van der Waals surface area contributed by atoms with E-state index in [1.165, 1.54) is 16.7 Å². The van der Waals surface area contributed by atoms with Crippen molar-refractivity contribution in [1.82, 2.24) is 0 Å². The molecular weight excluding hydrogens is 134 g/mol. The van der Waals surface area contributed by atoms with E-state index in [-0.39, 0.29) is 0 Å². The normalized spacial score (nSPS) is 9.73. The highest BCUT2D eigenvalue weighted by atomic mass is 14.9. The van der Waals surface area contributed by atoms with Crippen LogP contribution in [0.4, 0.5) is 0 Å². The van der Waals surface area contributed by atoms with E-state index in [1.54, 1.807) is 0 Å². The van der Waals surface area contributed by atoms with E-state index in [1.807, 2.05) is 13.1 Å². The zero-order valence-electron chi connectivity index (χ0n) is 7.39. The average molecular weight is 148 g/mol. The predicted molar refractivity (Wildman–Crippen MR) is 47.2 cm³/mol. The van der Waals surface area contributed by atoms with Crippen molar-refractivity contribution in [2.24, 2.45) is 7.05 Å². The molecule has 1 aromatic rings. The molecule has 0 saturated carbocycles. The molecule has 0 aromatic carbocycles. The van der Waals surface area contributed by atoms with Gasteiger partial charge in [-0.05, 0) is 19.4 Å². The SMILES string of the molecule is C=Cc1c(C)c[n+](C)cc1C. The Labute approximate surface area is 68.0 Å². The molecule has 0 atom stereocenters. The lowest BCUT2D eigenvalue weighted by molar-refractivity contribution is -0.672. The highest BCUT2D eigenvalue weighted by Gasteiger charge is 2.03. The molecule has 11 heavy (non-hydrogen) atoms. The Kier molecular flexibility index (Phi) is 2.08. The molecule has 0 radical (unpaired) electrons. The van der Waals surface area contributed by atoms with Crippen LogP contribution in [-0.4, -0.2) is 0 Å². The lowest BCUT2D eigenvalue weighted by Crippen LogP contribution is -2.28. The van der Waals surface area contributed by atoms with Gasteiger partial charge in [-0.1, -0.05) is 12.7 Å². The number of aryl methyl sites for hydroxylation is 3. The molecule has 1 nitrogen and oxygen atoms in total. The van der Waals surface area contributed by atoms with Gasteiger partial charge in [0.05, 0.1) is 0 Å². The summed E-state index contributed by atoms with van der Waals surface area (Å²) in [5.74, 6) is 0. The van der Waals surface area contributed by atoms with Gasteiger partial charge in [0.15, 0.2) is 12.4 Å². The first-order valence-corrected chi connectivity index (χ1v) is 3.74. The highest BCUT2D eigenvalue weighted by Crippen LogP contribution is 2.10. The van der Waals surface area contributed by atoms with E-state index in [0.29, 0.717) is 0 Å². The van der Waals surface area contributed by atoms with E-state index in [9.17, 15) is 0 Å². The summed E-state index contributed by atoms with van der Waals surface area (Å²) >= 11 is 0. The number of hydrogen-bond acceptors (Lipinski definition) is 0. The molecule has 0 saturated heterocycles. The van der Waals surface area contributed by atoms with Gasteiger partial charge in [-0.15, -0.1) is 0 Å². The molecule has 0 unspecified atom stereocenters. The van der Waals surface area contributed by atoms with Crippen molar-refractivity contribution in [3.63, 3.8) is 0 Å². The van der Waals surface area contributed by atoms with Crippen molar-refractivity contribution >= 4 is 6.08 Å². The Morgan fingerprint density at radius 3 is 2.09 bits per heavy atom. The number of nitrogens with zero attached hydrogens (tertiary/aromatic N) is 1. The molecule has 0 fully saturated rings. The van der Waals surface area contributed by atoms with Gasteiger partial charge < -0.3 is 0 Å². The highest BCUT2D eigenvalue weighted by molar-refractivity contribution is 5.53. The molecule has 1 heterocycles. The third-order valence-corrected chi connectivity index (χ3v) is 1.85. The first-order valence-electron chi connectivity index (χ1n) is 3.74. The maximum absolute atomic E-state index is 3.77. The summed E-state index contributed by atoms with van der Waals surface area (Å²) in [4.78, 5) is 0. The van der Waals surface area contributed by atoms with Crippen LogP contribution in [0.25, 0.3) is 6.08 Å². The number of aromatic nitrogens is 1. The Hall–Kier alpha value is -1.11. The average Bonchev–Trinajstić information content (AvgIpc) is 1.85. The summed E-state index contributed by atoms with van der Waals surface area (Å²) < 4.78 is 2.07. The molecule has 0 bridgehead atoms. The van der Waals surface area contributed by atoms with Gasteiger partial charge in [0.2, 0.25) is 0 Å². The lowest BCUT2D eigenvalue weighted by atomic mass is 10.1. The van der Waals surface area contributed by atoms with Crippen LogP contribution in [0, 0.1) is 13.8 Å². The number of hydrogen-bond donors (Lipinski definition) is 0. The second-order valence-electron chi connectivity index (χ2n) is 2.91. The largest absolute Gasteiger partial charge is 0.207 e. The molecule has 0 aliphatic rings. The zero-order chi connectivity index (χ0) is 8.43. The fourth-order valence-corrected chi connectivity index (χ4v) is 1.42. The van der Waals surface area contributed by atoms with Crippen molar-refractivity contribution in [2.45, 2.75) is 13.8 Å². The summed E-state index contributed by atoms with van der Waals surface area (Å²) in [5.41, 5.74) is 3.81. The van der Waals surface area contributed by atoms with Crippen LogP contribution >= 0.6 is 0 Å². The fraction of sp³-hybridized carbons (Fsp3) is 0.300. The van der Waals surface area contributed by atoms with Gasteiger partial charge in [0.25, 0.3) is 0 Å². The van der Waals surface area contributed by atoms with Crippen LogP contribution in [0.1, 0.15) is 16.7 Å². The quantitative estimate of drug-likeness (QED) is 0.534. The summed E-state index contributed by atoms with van der Waals surface area (Å²) in [6.07, 6.45) is 6.11. The number of rotatable bonds is 1. The molecule has 1 aromatic heterocycles. The van der Waals surface area contributed by atoms with Gasteiger partial charge in [-0.3, -0.25) is 0 Å². The smallest absolute Gasteiger partial charge is 0.172 e. The van der Waals surface area contributed by atoms with Crippen LogP contribution in [0.5, 0.6) is 0 Å². The van der Waals surface area contributed by atoms with E-state index < -0.39 is 0 Å². The van der Waals surface area contributed by atoms with Gasteiger partial charge in [0.1, 0.15) is 7.05 Å². The Balaban J connectivity index is 3.36. The van der Waals surface area contributed by atoms with Crippen LogP contribution in [0.15, 0.2) is 19.0 Å². The van der Waals surface area contributed by atoms with Crippen molar-refractivity contribution in [3.05, 3.63) is 35.7 Å². The summed E-state index contributed by atoms with van der Waals surface area (Å²) in [6.45, 7) is 7.98. The van der Waals surface area contributed by atoms with E-state index in [0.717, 1.165) is 0 Å². The maximum atomic E-state index is 3.77. The second-order valence-corrected chi connectivity index (χ2v) is 2.91. The molecule has 0 aliphatic heterocycles. The van der Waals surface area contributed by atoms with Gasteiger partial charge in [-0.25, -0.2) is 4.57 Å². The van der Waals surface area contributed by atoms with Crippen molar-refractivity contribution in [1.29, 1.82) is 0 Å². The minimum Gasteiger partial charge on any atom is -0.207 e. The van der Waals surface area contributed by atoms with Gasteiger partial charge >= 0.3 is 0 Å². The van der Waals surface area contributed by atoms with E-state index in [2.05, 4.69) is 37.4 Å². The molecule has 0 N–H and O–H groups in total. The van der Waals surface area contributed by atoms with Crippen molar-refractivity contribution < 1.29 is 4.57 Å². The molecule has 1 rings (SSSR count). The minimum atomic E-state index is 1.25. The van der Waals surface area contributed by atoms with E-state index in [4.69, 9.17) is 0 Å². The van der Waals surface area contributed by atoms with Crippen LogP contribution < -0.4 is 4.57 Å². The van der Waals surface area contributed by atoms with Crippen molar-refractivity contribution in [3.8, 4) is 0 Å². The molecule has 0 spiro atoms. The second kappa shape index (κ2) is 2.87. The summed E-state index contributed by atoms with van der Waals surface area (Å²) in [7, 11) is 2.03. The molecule has 0 amide bonds. The monoisotopic (exact) mass is 148 g/mol. The first-order chi connectivity index (χ1) is 5.15. The van der Waals surface area contributed by atoms with Crippen molar-refractivity contribution in [2.75, 3.05) is 0 Å². The lowest BCUT2D eigenvalue weighted by Gasteiger charge is -2.00. The third-order valence-electron chi connectivity index (χ3n) is 1.85. The Morgan fingerprint density at radius 1 is 1.27 bits per heavy atom. The number of pyridine rings is 1. The fourth-order valence-electron chi connectivity index (χ4n) is 1.42. The molecule has 1 heteroatoms. The minimum absolute atomic E-state index is 1.25. The molecular formula is C10H14N+. The van der Waals surface area contributed by atoms with Gasteiger partial charge in [-0.2, -0.15) is 0 Å². The first kappa shape index (κ1) is 7.99.